The zero-order valence-electron chi connectivity index (χ0n) is 35.1. The third-order valence-corrected chi connectivity index (χ3v) is 15.3. The molecule has 1 atom stereocenters. The second-order valence-corrected chi connectivity index (χ2v) is 21.5. The van der Waals surface area contributed by atoms with Crippen LogP contribution in [0.3, 0.4) is 0 Å². The monoisotopic (exact) mass is 947 g/mol. The SMILES string of the molecule is CC1(C)CCC(c2ccc(Cl)cc2)=C(CNCCNc2ccc(C(=O)NS(=O)(=O)c3ccc(N[C@H](CCN4CCOCC4)CSc4ccccc4)c(S(=O)(=O)C(F)(F)F)c3)cc2)C1. The number of carbonyl (C=O) groups excluding carboxylic acids is 1. The van der Waals surface area contributed by atoms with E-state index in [0.29, 0.717) is 74.9 Å². The highest BCUT2D eigenvalue weighted by molar-refractivity contribution is 7.99. The molecule has 0 saturated carbocycles. The van der Waals surface area contributed by atoms with Crippen LogP contribution in [0.4, 0.5) is 24.5 Å². The normalized spacial score (nSPS) is 16.7. The maximum absolute atomic E-state index is 14.1. The number of benzene rings is 4. The van der Waals surface area contributed by atoms with Crippen molar-refractivity contribution in [2.24, 2.45) is 5.41 Å². The van der Waals surface area contributed by atoms with E-state index < -0.39 is 52.8 Å². The molecule has 1 heterocycles. The summed E-state index contributed by atoms with van der Waals surface area (Å²) in [7, 11) is -10.9. The minimum Gasteiger partial charge on any atom is -0.384 e. The summed E-state index contributed by atoms with van der Waals surface area (Å²) >= 11 is 7.57. The lowest BCUT2D eigenvalue weighted by molar-refractivity contribution is -0.0435. The molecule has 1 amide bonds. The van der Waals surface area contributed by atoms with Crippen molar-refractivity contribution in [3.05, 3.63) is 119 Å². The molecule has 4 aromatic carbocycles. The predicted octanol–water partition coefficient (Wildman–Crippen LogP) is 8.71. The number of sulfonamides is 1. The Balaban J connectivity index is 1.09. The molecule has 4 N–H and O–H groups in total. The first-order valence-corrected chi connectivity index (χ1v) is 25.0. The maximum Gasteiger partial charge on any atom is 0.501 e. The molecule has 1 saturated heterocycles. The lowest BCUT2D eigenvalue weighted by atomic mass is 9.73. The lowest BCUT2D eigenvalue weighted by Crippen LogP contribution is -2.39. The van der Waals surface area contributed by atoms with Crippen LogP contribution in [0.1, 0.15) is 55.5 Å². The second-order valence-electron chi connectivity index (χ2n) is 16.4. The third-order valence-electron chi connectivity index (χ3n) is 11.0. The number of carbonyl (C=O) groups is 1. The summed E-state index contributed by atoms with van der Waals surface area (Å²) in [5.41, 5.74) is -1.43. The van der Waals surface area contributed by atoms with Gasteiger partial charge in [0.25, 0.3) is 25.8 Å². The van der Waals surface area contributed by atoms with Gasteiger partial charge in [0.15, 0.2) is 0 Å². The van der Waals surface area contributed by atoms with Gasteiger partial charge in [-0.3, -0.25) is 9.69 Å². The molecule has 6 rings (SSSR count). The Kier molecular flexibility index (Phi) is 16.3. The van der Waals surface area contributed by atoms with Crippen molar-refractivity contribution in [1.29, 1.82) is 0 Å². The van der Waals surface area contributed by atoms with Crippen molar-refractivity contribution < 1.29 is 39.5 Å². The van der Waals surface area contributed by atoms with Gasteiger partial charge < -0.3 is 20.7 Å². The third kappa shape index (κ3) is 13.5. The van der Waals surface area contributed by atoms with Crippen LogP contribution in [0.2, 0.25) is 5.02 Å². The zero-order chi connectivity index (χ0) is 45.3. The average molecular weight is 949 g/mol. The van der Waals surface area contributed by atoms with Crippen LogP contribution in [0, 0.1) is 5.41 Å². The molecule has 1 aliphatic heterocycles. The molecule has 11 nitrogen and oxygen atoms in total. The smallest absolute Gasteiger partial charge is 0.384 e. The fourth-order valence-electron chi connectivity index (χ4n) is 7.53. The van der Waals surface area contributed by atoms with Gasteiger partial charge in [0.1, 0.15) is 4.90 Å². The Morgan fingerprint density at radius 2 is 1.62 bits per heavy atom. The van der Waals surface area contributed by atoms with Crippen molar-refractivity contribution in [3.8, 4) is 0 Å². The first-order chi connectivity index (χ1) is 29.9. The standard InChI is InChI=1S/C45H53ClF3N5O6S3/c1-44(2)20-18-40(32-8-12-35(46)13-9-32)34(29-44)30-50-21-22-51-36-14-10-33(11-15-36)43(55)53-63(58,59)39-16-17-41(42(28-39)62(56,57)45(47,48)49)52-37(19-23-54-24-26-60-27-25-54)31-61-38-6-4-3-5-7-38/h3-17,28,37,50-52H,18-27,29-31H2,1-2H3,(H,53,55)/t37-/m1/s1. The van der Waals surface area contributed by atoms with E-state index in [0.717, 1.165) is 42.8 Å². The number of amides is 1. The van der Waals surface area contributed by atoms with Crippen LogP contribution < -0.4 is 20.7 Å². The Hall–Kier alpha value is -4.10. The number of thioether (sulfide) groups is 1. The summed E-state index contributed by atoms with van der Waals surface area (Å²) in [5, 5.41) is 10.5. The van der Waals surface area contributed by atoms with Crippen LogP contribution >= 0.6 is 23.4 Å². The van der Waals surface area contributed by atoms with Crippen molar-refractivity contribution in [1.82, 2.24) is 14.9 Å². The molecular weight excluding hydrogens is 895 g/mol. The van der Waals surface area contributed by atoms with Crippen molar-refractivity contribution in [2.75, 3.05) is 68.9 Å². The quantitative estimate of drug-likeness (QED) is 0.0529. The fraction of sp³-hybridized carbons (Fsp3) is 0.400. The number of allylic oxidation sites excluding steroid dienone is 1. The van der Waals surface area contributed by atoms with Gasteiger partial charge in [-0.2, -0.15) is 13.2 Å². The van der Waals surface area contributed by atoms with E-state index in [9.17, 15) is 34.8 Å². The summed E-state index contributed by atoms with van der Waals surface area (Å²) in [4.78, 5) is 14.1. The van der Waals surface area contributed by atoms with E-state index in [1.165, 1.54) is 40.6 Å². The van der Waals surface area contributed by atoms with Gasteiger partial charge in [-0.1, -0.05) is 61.4 Å². The number of halogens is 4. The molecular formula is C45H53ClF3N5O6S3. The summed E-state index contributed by atoms with van der Waals surface area (Å²) in [6.45, 7) is 9.49. The Labute approximate surface area is 377 Å². The van der Waals surface area contributed by atoms with E-state index in [1.807, 2.05) is 47.2 Å². The highest BCUT2D eigenvalue weighted by atomic mass is 35.5. The Morgan fingerprint density at radius 3 is 2.30 bits per heavy atom. The van der Waals surface area contributed by atoms with E-state index in [1.54, 1.807) is 12.1 Å². The van der Waals surface area contributed by atoms with Crippen molar-refractivity contribution in [2.45, 2.75) is 65.8 Å². The Morgan fingerprint density at radius 1 is 0.921 bits per heavy atom. The van der Waals surface area contributed by atoms with Crippen LogP contribution in [0.5, 0.6) is 0 Å². The number of nitrogens with zero attached hydrogens (tertiary/aromatic N) is 1. The van der Waals surface area contributed by atoms with Gasteiger partial charge in [-0.05, 0) is 109 Å². The molecule has 0 radical (unpaired) electrons. The van der Waals surface area contributed by atoms with Crippen LogP contribution in [-0.4, -0.2) is 97.4 Å². The molecule has 340 valence electrons. The second kappa shape index (κ2) is 21.3. The molecule has 0 bridgehead atoms. The summed E-state index contributed by atoms with van der Waals surface area (Å²) in [6.07, 6.45) is 3.51. The fourth-order valence-corrected chi connectivity index (χ4v) is 10.7. The summed E-state index contributed by atoms with van der Waals surface area (Å²) < 4.78 is 103. The van der Waals surface area contributed by atoms with Crippen LogP contribution in [0.25, 0.3) is 5.57 Å². The van der Waals surface area contributed by atoms with Gasteiger partial charge in [-0.15, -0.1) is 11.8 Å². The van der Waals surface area contributed by atoms with E-state index in [-0.39, 0.29) is 11.0 Å². The van der Waals surface area contributed by atoms with Crippen molar-refractivity contribution in [3.63, 3.8) is 0 Å². The van der Waals surface area contributed by atoms with Gasteiger partial charge >= 0.3 is 5.51 Å². The van der Waals surface area contributed by atoms with E-state index in [2.05, 4.69) is 46.8 Å². The number of sulfone groups is 1. The highest BCUT2D eigenvalue weighted by Crippen LogP contribution is 2.42. The molecule has 1 fully saturated rings. The topological polar surface area (TPSA) is 146 Å². The number of ether oxygens (including phenoxy) is 1. The van der Waals surface area contributed by atoms with Crippen LogP contribution in [-0.2, 0) is 24.6 Å². The number of rotatable bonds is 19. The summed E-state index contributed by atoms with van der Waals surface area (Å²) in [6, 6.07) is 25.2. The highest BCUT2D eigenvalue weighted by Gasteiger charge is 2.48. The zero-order valence-corrected chi connectivity index (χ0v) is 38.3. The first-order valence-electron chi connectivity index (χ1n) is 20.7. The number of alkyl halides is 3. The molecule has 1 aliphatic carbocycles. The first kappa shape index (κ1) is 48.4. The van der Waals surface area contributed by atoms with E-state index in [4.69, 9.17) is 16.3 Å². The molecule has 63 heavy (non-hydrogen) atoms. The number of nitrogens with one attached hydrogen (secondary N) is 4. The minimum absolute atomic E-state index is 0.0377. The van der Waals surface area contributed by atoms with Crippen molar-refractivity contribution >= 4 is 66.1 Å². The van der Waals surface area contributed by atoms with Gasteiger partial charge in [0, 0.05) is 72.2 Å². The number of hydrogen-bond donors (Lipinski definition) is 4. The molecule has 18 heteroatoms. The predicted molar refractivity (Wildman–Crippen MR) is 245 cm³/mol. The van der Waals surface area contributed by atoms with Crippen LogP contribution in [0.15, 0.2) is 117 Å². The molecule has 2 aliphatic rings. The number of anilines is 2. The maximum atomic E-state index is 14.1. The molecule has 4 aromatic rings. The molecule has 0 aromatic heterocycles. The van der Waals surface area contributed by atoms with E-state index >= 15 is 0 Å². The molecule has 0 unspecified atom stereocenters. The van der Waals surface area contributed by atoms with Gasteiger partial charge in [-0.25, -0.2) is 21.6 Å². The van der Waals surface area contributed by atoms with Gasteiger partial charge in [0.05, 0.1) is 23.8 Å². The van der Waals surface area contributed by atoms with Gasteiger partial charge in [0.2, 0.25) is 0 Å². The average Bonchev–Trinajstić information content (AvgIpc) is 3.25. The molecule has 0 spiro atoms. The number of morpholine rings is 1. The minimum atomic E-state index is -6.05. The number of hydrogen-bond acceptors (Lipinski definition) is 11. The Bertz CT molecular complexity index is 2430. The largest absolute Gasteiger partial charge is 0.501 e. The summed E-state index contributed by atoms with van der Waals surface area (Å²) in [5.74, 6) is -0.683. The lowest BCUT2D eigenvalue weighted by Gasteiger charge is -2.34.